The van der Waals surface area contributed by atoms with Crippen molar-refractivity contribution in [2.24, 2.45) is 0 Å². The smallest absolute Gasteiger partial charge is 0.370 e. The molecule has 4 aromatic rings. The average Bonchev–Trinajstić information content (AvgIpc) is 3.18. The number of aliphatic hydroxyl groups is 1. The lowest BCUT2D eigenvalue weighted by Gasteiger charge is -2.07. The predicted octanol–water partition coefficient (Wildman–Crippen LogP) is 6.17. The second kappa shape index (κ2) is 24.4. The molecule has 56 heavy (non-hydrogen) atoms. The van der Waals surface area contributed by atoms with Gasteiger partial charge in [-0.05, 0) is 95.1 Å². The van der Waals surface area contributed by atoms with E-state index < -0.39 is 29.6 Å². The van der Waals surface area contributed by atoms with E-state index in [2.05, 4.69) is 0 Å². The van der Waals surface area contributed by atoms with Crippen molar-refractivity contribution in [3.05, 3.63) is 125 Å². The number of hydrogen-bond donors (Lipinski definition) is 8. The van der Waals surface area contributed by atoms with Gasteiger partial charge in [0.2, 0.25) is 5.76 Å². The molecule has 0 radical (unpaired) electrons. The molecule has 8 N–H and O–H groups in total. The number of carbonyl (C=O) groups is 4. The zero-order valence-electron chi connectivity index (χ0n) is 30.4. The number of benzene rings is 4. The molecule has 0 aliphatic rings. The van der Waals surface area contributed by atoms with E-state index in [1.807, 2.05) is 0 Å². The fourth-order valence-electron chi connectivity index (χ4n) is 3.82. The van der Waals surface area contributed by atoms with Gasteiger partial charge >= 0.3 is 23.9 Å². The van der Waals surface area contributed by atoms with Crippen LogP contribution in [0.5, 0.6) is 40.2 Å². The molecule has 0 aliphatic carbocycles. The molecule has 16 heteroatoms. The van der Waals surface area contributed by atoms with Crippen LogP contribution < -0.4 is 18.9 Å². The monoisotopic (exact) mass is 776 g/mol. The number of methoxy groups -OCH3 is 4. The molecule has 0 saturated heterocycles. The molecular formula is C40H40O16. The molecule has 0 spiro atoms. The van der Waals surface area contributed by atoms with E-state index in [9.17, 15) is 24.3 Å². The van der Waals surface area contributed by atoms with Gasteiger partial charge in [0.25, 0.3) is 0 Å². The number of phenols is 3. The summed E-state index contributed by atoms with van der Waals surface area (Å²) < 4.78 is 19.9. The Bertz CT molecular complexity index is 2040. The largest absolute Gasteiger partial charge is 0.504 e. The minimum absolute atomic E-state index is 0.0278. The summed E-state index contributed by atoms with van der Waals surface area (Å²) in [5, 5.41) is 69.7. The van der Waals surface area contributed by atoms with Gasteiger partial charge in [0.1, 0.15) is 5.75 Å². The molecular weight excluding hydrogens is 736 g/mol. The summed E-state index contributed by atoms with van der Waals surface area (Å²) >= 11 is 0. The summed E-state index contributed by atoms with van der Waals surface area (Å²) in [4.78, 5) is 40.9. The second-order valence-electron chi connectivity index (χ2n) is 10.4. The first-order valence-corrected chi connectivity index (χ1v) is 15.6. The number of aromatic hydroxyl groups is 3. The van der Waals surface area contributed by atoms with Crippen LogP contribution in [0.15, 0.2) is 103 Å². The van der Waals surface area contributed by atoms with E-state index in [0.717, 1.165) is 23.8 Å². The van der Waals surface area contributed by atoms with Crippen molar-refractivity contribution in [1.82, 2.24) is 0 Å². The molecule has 0 unspecified atom stereocenters. The highest BCUT2D eigenvalue weighted by Gasteiger charge is 2.04. The maximum Gasteiger partial charge on any atom is 0.370 e. The van der Waals surface area contributed by atoms with E-state index >= 15 is 0 Å². The zero-order valence-corrected chi connectivity index (χ0v) is 30.4. The van der Waals surface area contributed by atoms with E-state index in [1.54, 1.807) is 68.8 Å². The second-order valence-corrected chi connectivity index (χ2v) is 10.4. The number of aliphatic hydroxyl groups excluding tert-OH is 1. The van der Waals surface area contributed by atoms with Gasteiger partial charge in [0.15, 0.2) is 34.5 Å². The molecule has 0 heterocycles. The SMILES string of the molecule is COc1cc(C=CC(=O)O)ccc1O.COc1ccc(C=C(O)C(=O)O)cc1.COc1ccc(C=CC(=O)O)cc1OC.O=C(O)C=Cc1ccc(O)c(O)c1. The van der Waals surface area contributed by atoms with Crippen molar-refractivity contribution in [3.63, 3.8) is 0 Å². The third-order valence-electron chi connectivity index (χ3n) is 6.50. The van der Waals surface area contributed by atoms with E-state index in [0.29, 0.717) is 39.7 Å². The van der Waals surface area contributed by atoms with Crippen molar-refractivity contribution in [1.29, 1.82) is 0 Å². The lowest BCUT2D eigenvalue weighted by Crippen LogP contribution is -1.98. The van der Waals surface area contributed by atoms with Gasteiger partial charge in [-0.2, -0.15) is 0 Å². The third-order valence-corrected chi connectivity index (χ3v) is 6.50. The molecule has 0 bridgehead atoms. The highest BCUT2D eigenvalue weighted by Crippen LogP contribution is 2.28. The van der Waals surface area contributed by atoms with E-state index in [4.69, 9.17) is 54.7 Å². The first-order chi connectivity index (χ1) is 26.5. The van der Waals surface area contributed by atoms with Crippen LogP contribution in [0.4, 0.5) is 0 Å². The highest BCUT2D eigenvalue weighted by molar-refractivity contribution is 5.89. The zero-order chi connectivity index (χ0) is 42.2. The quantitative estimate of drug-likeness (QED) is 0.0454. The number of hydrogen-bond acceptors (Lipinski definition) is 12. The lowest BCUT2D eigenvalue weighted by molar-refractivity contribution is -0.135. The van der Waals surface area contributed by atoms with Crippen molar-refractivity contribution in [3.8, 4) is 40.2 Å². The summed E-state index contributed by atoms with van der Waals surface area (Å²) in [5.41, 5.74) is 2.51. The van der Waals surface area contributed by atoms with Crippen LogP contribution in [-0.4, -0.2) is 93.2 Å². The Kier molecular flexibility index (Phi) is 20.1. The first-order valence-electron chi connectivity index (χ1n) is 15.6. The van der Waals surface area contributed by atoms with Gasteiger partial charge in [-0.15, -0.1) is 0 Å². The van der Waals surface area contributed by atoms with E-state index in [-0.39, 0.29) is 17.2 Å². The maximum atomic E-state index is 10.3. The number of rotatable bonds is 12. The Labute approximate surface area is 320 Å². The Morgan fingerprint density at radius 1 is 0.446 bits per heavy atom. The van der Waals surface area contributed by atoms with Gasteiger partial charge in [0.05, 0.1) is 28.4 Å². The molecule has 0 fully saturated rings. The van der Waals surface area contributed by atoms with Crippen LogP contribution in [-0.2, 0) is 19.2 Å². The Morgan fingerprint density at radius 2 is 0.857 bits per heavy atom. The van der Waals surface area contributed by atoms with Gasteiger partial charge in [-0.3, -0.25) is 0 Å². The Morgan fingerprint density at radius 3 is 1.27 bits per heavy atom. The molecule has 0 saturated carbocycles. The van der Waals surface area contributed by atoms with Gasteiger partial charge in [-0.1, -0.05) is 30.3 Å². The standard InChI is InChI=1S/C11H12O4.2C10H10O4.C9H8O4/c1-14-9-5-3-8(4-6-11(12)13)7-10(9)15-2;1-14-9-6-7(2-4-8(9)11)3-5-10(12)13;1-14-8-4-2-7(3-5-8)6-9(11)10(12)13;10-7-3-1-6(5-8(7)11)2-4-9(12)13/h3-7H,1-2H3,(H,12,13);2*2-6,11H,1H3,(H,12,13);1-5,10-11H,(H,12,13). The summed E-state index contributed by atoms with van der Waals surface area (Å²) in [6, 6.07) is 20.5. The van der Waals surface area contributed by atoms with Gasteiger partial charge < -0.3 is 59.8 Å². The first kappa shape index (κ1) is 46.1. The fourth-order valence-corrected chi connectivity index (χ4v) is 3.82. The number of aliphatic carboxylic acids is 4. The van der Waals surface area contributed by atoms with Crippen molar-refractivity contribution >= 4 is 48.2 Å². The highest BCUT2D eigenvalue weighted by atomic mass is 16.5. The number of carboxylic acid groups (broad SMARTS) is 4. The van der Waals surface area contributed by atoms with Crippen molar-refractivity contribution < 1.29 is 79.0 Å². The van der Waals surface area contributed by atoms with Crippen LogP contribution in [0.2, 0.25) is 0 Å². The van der Waals surface area contributed by atoms with Crippen LogP contribution in [0.25, 0.3) is 24.3 Å². The molecule has 4 rings (SSSR count). The summed E-state index contributed by atoms with van der Waals surface area (Å²) in [7, 11) is 6.05. The third kappa shape index (κ3) is 18.1. The molecule has 16 nitrogen and oxygen atoms in total. The Balaban J connectivity index is 0.000000374. The van der Waals surface area contributed by atoms with Crippen LogP contribution in [0.3, 0.4) is 0 Å². The van der Waals surface area contributed by atoms with E-state index in [1.165, 1.54) is 62.8 Å². The molecule has 4 aromatic carbocycles. The predicted molar refractivity (Wildman–Crippen MR) is 205 cm³/mol. The average molecular weight is 777 g/mol. The minimum Gasteiger partial charge on any atom is -0.504 e. The Hall–Kier alpha value is -7.88. The number of phenolic OH excluding ortho intramolecular Hbond substituents is 3. The van der Waals surface area contributed by atoms with Crippen LogP contribution in [0.1, 0.15) is 22.3 Å². The van der Waals surface area contributed by atoms with Gasteiger partial charge in [0, 0.05) is 18.2 Å². The topological polar surface area (TPSA) is 267 Å². The van der Waals surface area contributed by atoms with Gasteiger partial charge in [-0.25, -0.2) is 19.2 Å². The normalized spacial score (nSPS) is 10.5. The number of ether oxygens (including phenoxy) is 4. The van der Waals surface area contributed by atoms with Crippen molar-refractivity contribution in [2.45, 2.75) is 0 Å². The maximum absolute atomic E-state index is 10.3. The number of carboxylic acids is 4. The lowest BCUT2D eigenvalue weighted by atomic mass is 10.2. The summed E-state index contributed by atoms with van der Waals surface area (Å²) in [6.07, 6.45) is 8.44. The van der Waals surface area contributed by atoms with Crippen LogP contribution >= 0.6 is 0 Å². The molecule has 296 valence electrons. The summed E-state index contributed by atoms with van der Waals surface area (Å²) in [6.45, 7) is 0. The fraction of sp³-hybridized carbons (Fsp3) is 0.100. The summed E-state index contributed by atoms with van der Waals surface area (Å²) in [5.74, 6) is -3.38. The molecule has 0 aliphatic heterocycles. The minimum atomic E-state index is -1.35. The molecule has 0 aromatic heterocycles. The molecule has 0 amide bonds. The van der Waals surface area contributed by atoms with Crippen LogP contribution in [0, 0.1) is 0 Å². The molecule has 0 atom stereocenters. The van der Waals surface area contributed by atoms with Crippen molar-refractivity contribution in [2.75, 3.05) is 28.4 Å².